The zero-order valence-electron chi connectivity index (χ0n) is 13.5. The summed E-state index contributed by atoms with van der Waals surface area (Å²) in [7, 11) is 1.95. The molecule has 6 nitrogen and oxygen atoms in total. The van der Waals surface area contributed by atoms with Crippen LogP contribution in [0, 0.1) is 5.92 Å². The third-order valence-electron chi connectivity index (χ3n) is 5.00. The lowest BCUT2D eigenvalue weighted by Crippen LogP contribution is -2.54. The van der Waals surface area contributed by atoms with E-state index in [2.05, 4.69) is 10.2 Å². The first kappa shape index (κ1) is 15.8. The van der Waals surface area contributed by atoms with E-state index in [-0.39, 0.29) is 5.92 Å². The molecule has 0 atom stereocenters. The number of carbonyl (C=O) groups is 2. The van der Waals surface area contributed by atoms with Crippen LogP contribution in [0.3, 0.4) is 0 Å². The minimum Gasteiger partial charge on any atom is -0.368 e. The van der Waals surface area contributed by atoms with Crippen molar-refractivity contribution >= 4 is 17.5 Å². The van der Waals surface area contributed by atoms with Gasteiger partial charge in [0.25, 0.3) is 0 Å². The van der Waals surface area contributed by atoms with Crippen LogP contribution in [0.4, 0.5) is 5.69 Å². The molecule has 1 aromatic carbocycles. The molecule has 0 radical (unpaired) electrons. The van der Waals surface area contributed by atoms with Gasteiger partial charge >= 0.3 is 0 Å². The lowest BCUT2D eigenvalue weighted by molar-refractivity contribution is -0.139. The summed E-state index contributed by atoms with van der Waals surface area (Å²) in [6.07, 6.45) is 1.92. The van der Waals surface area contributed by atoms with Crippen molar-refractivity contribution in [3.05, 3.63) is 29.8 Å². The van der Waals surface area contributed by atoms with E-state index < -0.39 is 5.91 Å². The summed E-state index contributed by atoms with van der Waals surface area (Å²) in [5, 5.41) is 3.22. The van der Waals surface area contributed by atoms with Crippen molar-refractivity contribution in [1.29, 1.82) is 0 Å². The number of rotatable bonds is 4. The van der Waals surface area contributed by atoms with Gasteiger partial charge in [-0.2, -0.15) is 0 Å². The first-order valence-corrected chi connectivity index (χ1v) is 8.19. The largest absolute Gasteiger partial charge is 0.368 e. The summed E-state index contributed by atoms with van der Waals surface area (Å²) in [5.41, 5.74) is 6.85. The van der Waals surface area contributed by atoms with Crippen molar-refractivity contribution in [1.82, 2.24) is 10.2 Å². The highest BCUT2D eigenvalue weighted by Crippen LogP contribution is 2.29. The average molecular weight is 316 g/mol. The first-order chi connectivity index (χ1) is 11.1. The van der Waals surface area contributed by atoms with Crippen molar-refractivity contribution in [2.24, 2.45) is 11.7 Å². The van der Waals surface area contributed by atoms with Gasteiger partial charge in [0.05, 0.1) is 0 Å². The highest BCUT2D eigenvalue weighted by atomic mass is 16.2. The summed E-state index contributed by atoms with van der Waals surface area (Å²) in [5.74, 6) is 0.0985. The Bertz CT molecular complexity index is 573. The lowest BCUT2D eigenvalue weighted by Gasteiger charge is -2.41. The molecule has 23 heavy (non-hydrogen) atoms. The number of hydrogen-bond acceptors (Lipinski definition) is 4. The Morgan fingerprint density at radius 1 is 1.09 bits per heavy atom. The van der Waals surface area contributed by atoms with Gasteiger partial charge in [0, 0.05) is 49.4 Å². The third kappa shape index (κ3) is 3.32. The summed E-state index contributed by atoms with van der Waals surface area (Å²) < 4.78 is 0. The normalized spacial score (nSPS) is 24.2. The number of anilines is 1. The fourth-order valence-corrected chi connectivity index (χ4v) is 3.33. The minimum atomic E-state index is -0.410. The molecule has 3 N–H and O–H groups in total. The summed E-state index contributed by atoms with van der Waals surface area (Å²) in [6, 6.07) is 7.85. The van der Waals surface area contributed by atoms with Crippen molar-refractivity contribution in [3.8, 4) is 0 Å². The predicted molar refractivity (Wildman–Crippen MR) is 89.3 cm³/mol. The fraction of sp³-hybridized carbons (Fsp3) is 0.529. The molecule has 1 aliphatic carbocycles. The molecule has 124 valence electrons. The molecule has 1 heterocycles. The van der Waals surface area contributed by atoms with E-state index in [1.165, 1.54) is 0 Å². The number of nitrogens with two attached hydrogens (primary N) is 1. The summed E-state index contributed by atoms with van der Waals surface area (Å²) >= 11 is 0. The quantitative estimate of drug-likeness (QED) is 0.844. The standard InChI is InChI=1S/C17H24N4O2/c1-19-14-10-13(11-14)17(23)21-8-6-20(7-9-21)15-4-2-12(3-5-15)16(18)22/h2-5,13-14,19H,6-11H2,1H3,(H2,18,22). The Morgan fingerprint density at radius 2 is 1.70 bits per heavy atom. The molecule has 0 unspecified atom stereocenters. The van der Waals surface area contributed by atoms with Crippen LogP contribution in [0.1, 0.15) is 23.2 Å². The minimum absolute atomic E-state index is 0.203. The van der Waals surface area contributed by atoms with Gasteiger partial charge in [-0.15, -0.1) is 0 Å². The molecule has 2 amide bonds. The van der Waals surface area contributed by atoms with E-state index in [0.29, 0.717) is 17.5 Å². The van der Waals surface area contributed by atoms with Crippen LogP contribution in [0.25, 0.3) is 0 Å². The van der Waals surface area contributed by atoms with Crippen molar-refractivity contribution in [2.75, 3.05) is 38.1 Å². The van der Waals surface area contributed by atoms with Crippen LogP contribution in [-0.4, -0.2) is 56.0 Å². The number of hydrogen-bond donors (Lipinski definition) is 2. The maximum atomic E-state index is 12.4. The van der Waals surface area contributed by atoms with Crippen molar-refractivity contribution in [2.45, 2.75) is 18.9 Å². The lowest BCUT2D eigenvalue weighted by atomic mass is 9.79. The molecule has 0 spiro atoms. The molecule has 6 heteroatoms. The van der Waals surface area contributed by atoms with Crippen LogP contribution in [-0.2, 0) is 4.79 Å². The number of primary amides is 1. The van der Waals surface area contributed by atoms with Crippen LogP contribution < -0.4 is 16.0 Å². The summed E-state index contributed by atoms with van der Waals surface area (Å²) in [4.78, 5) is 27.8. The van der Waals surface area contributed by atoms with Crippen molar-refractivity contribution in [3.63, 3.8) is 0 Å². The van der Waals surface area contributed by atoms with Gasteiger partial charge < -0.3 is 20.9 Å². The number of amides is 2. The zero-order chi connectivity index (χ0) is 16.4. The molecule has 1 saturated carbocycles. The van der Waals surface area contributed by atoms with Crippen LogP contribution in [0.15, 0.2) is 24.3 Å². The number of nitrogens with zero attached hydrogens (tertiary/aromatic N) is 2. The van der Waals surface area contributed by atoms with Crippen LogP contribution >= 0.6 is 0 Å². The molecule has 0 aromatic heterocycles. The second-order valence-corrected chi connectivity index (χ2v) is 6.38. The second kappa shape index (κ2) is 6.58. The van der Waals surface area contributed by atoms with E-state index in [9.17, 15) is 9.59 Å². The van der Waals surface area contributed by atoms with Gasteiger partial charge in [-0.25, -0.2) is 0 Å². The molecule has 1 saturated heterocycles. The van der Waals surface area contributed by atoms with E-state index >= 15 is 0 Å². The Labute approximate surface area is 136 Å². The van der Waals surface area contributed by atoms with E-state index in [1.807, 2.05) is 24.1 Å². The monoisotopic (exact) mass is 316 g/mol. The topological polar surface area (TPSA) is 78.7 Å². The molecule has 2 aliphatic rings. The Morgan fingerprint density at radius 3 is 2.22 bits per heavy atom. The van der Waals surface area contributed by atoms with Gasteiger partial charge in [-0.3, -0.25) is 9.59 Å². The fourth-order valence-electron chi connectivity index (χ4n) is 3.33. The Kier molecular flexibility index (Phi) is 4.52. The van der Waals surface area contributed by atoms with E-state index in [4.69, 9.17) is 5.73 Å². The average Bonchev–Trinajstić information content (AvgIpc) is 2.54. The van der Waals surface area contributed by atoms with Crippen LogP contribution in [0.5, 0.6) is 0 Å². The number of nitrogens with one attached hydrogen (secondary N) is 1. The van der Waals surface area contributed by atoms with Gasteiger partial charge in [0.15, 0.2) is 0 Å². The molecule has 2 fully saturated rings. The maximum absolute atomic E-state index is 12.4. The third-order valence-corrected chi connectivity index (χ3v) is 5.00. The highest BCUT2D eigenvalue weighted by Gasteiger charge is 2.36. The van der Waals surface area contributed by atoms with Gasteiger partial charge in [0.2, 0.25) is 11.8 Å². The predicted octanol–water partition coefficient (Wildman–Crippen LogP) is 0.432. The SMILES string of the molecule is CNC1CC(C(=O)N2CCN(c3ccc(C(N)=O)cc3)CC2)C1. The molecule has 1 aromatic rings. The van der Waals surface area contributed by atoms with Gasteiger partial charge in [-0.1, -0.05) is 0 Å². The van der Waals surface area contributed by atoms with Gasteiger partial charge in [0.1, 0.15) is 0 Å². The summed E-state index contributed by atoms with van der Waals surface area (Å²) in [6.45, 7) is 3.17. The molecule has 1 aliphatic heterocycles. The second-order valence-electron chi connectivity index (χ2n) is 6.38. The molecular formula is C17H24N4O2. The van der Waals surface area contributed by atoms with Crippen molar-refractivity contribution < 1.29 is 9.59 Å². The molecular weight excluding hydrogens is 292 g/mol. The Balaban J connectivity index is 1.52. The van der Waals surface area contributed by atoms with Crippen LogP contribution in [0.2, 0.25) is 0 Å². The first-order valence-electron chi connectivity index (χ1n) is 8.19. The number of carbonyl (C=O) groups excluding carboxylic acids is 2. The van der Waals surface area contributed by atoms with Gasteiger partial charge in [-0.05, 0) is 44.2 Å². The highest BCUT2D eigenvalue weighted by molar-refractivity contribution is 5.93. The molecule has 3 rings (SSSR count). The number of piperazine rings is 1. The van der Waals surface area contributed by atoms with E-state index in [1.54, 1.807) is 12.1 Å². The molecule has 0 bridgehead atoms. The number of benzene rings is 1. The smallest absolute Gasteiger partial charge is 0.248 e. The van der Waals surface area contributed by atoms with E-state index in [0.717, 1.165) is 44.7 Å². The zero-order valence-corrected chi connectivity index (χ0v) is 13.5. The maximum Gasteiger partial charge on any atom is 0.248 e. The Hall–Kier alpha value is -2.08.